The molecule has 0 saturated carbocycles. The average Bonchev–Trinajstić information content (AvgIpc) is 3.33. The molecule has 0 bridgehead atoms. The topological polar surface area (TPSA) is 80.7 Å². The van der Waals surface area contributed by atoms with E-state index in [1.54, 1.807) is 26.6 Å². The van der Waals surface area contributed by atoms with Crippen molar-refractivity contribution in [2.24, 2.45) is 0 Å². The first-order valence-electron chi connectivity index (χ1n) is 11.1. The van der Waals surface area contributed by atoms with Crippen molar-refractivity contribution in [3.05, 3.63) is 66.1 Å². The summed E-state index contributed by atoms with van der Waals surface area (Å²) in [5, 5.41) is 0.710. The quantitative estimate of drug-likeness (QED) is 0.420. The van der Waals surface area contributed by atoms with Crippen LogP contribution in [-0.2, 0) is 6.54 Å². The summed E-state index contributed by atoms with van der Waals surface area (Å²) in [5.41, 5.74) is 2.85. The lowest BCUT2D eigenvalue weighted by molar-refractivity contribution is 0.0622. The minimum Gasteiger partial charge on any atom is -0.497 e. The second-order valence-corrected chi connectivity index (χ2v) is 9.02. The summed E-state index contributed by atoms with van der Waals surface area (Å²) in [4.78, 5) is 31.1. The van der Waals surface area contributed by atoms with Gasteiger partial charge in [0.15, 0.2) is 5.69 Å². The summed E-state index contributed by atoms with van der Waals surface area (Å²) in [5.74, 6) is 1.52. The molecule has 3 heterocycles. The van der Waals surface area contributed by atoms with Crippen LogP contribution in [0.4, 0.5) is 0 Å². The van der Waals surface area contributed by atoms with Gasteiger partial charge in [-0.15, -0.1) is 11.3 Å². The Morgan fingerprint density at radius 3 is 2.56 bits per heavy atom. The molecule has 4 aromatic rings. The number of ether oxygens (including phenoxy) is 2. The van der Waals surface area contributed by atoms with E-state index in [4.69, 9.17) is 9.47 Å². The summed E-state index contributed by atoms with van der Waals surface area (Å²) in [7, 11) is 3.33. The van der Waals surface area contributed by atoms with Crippen molar-refractivity contribution in [1.82, 2.24) is 24.8 Å². The Balaban J connectivity index is 1.30. The maximum absolute atomic E-state index is 13.4. The molecule has 0 spiro atoms. The predicted octanol–water partition coefficient (Wildman–Crippen LogP) is 3.73. The predicted molar refractivity (Wildman–Crippen MR) is 131 cm³/mol. The van der Waals surface area contributed by atoms with Crippen LogP contribution in [0.15, 0.2) is 54.9 Å². The molecule has 8 nitrogen and oxygen atoms in total. The summed E-state index contributed by atoms with van der Waals surface area (Å²) in [6.45, 7) is 3.46. The van der Waals surface area contributed by atoms with Crippen LogP contribution in [0.1, 0.15) is 16.1 Å². The minimum atomic E-state index is -0.110. The van der Waals surface area contributed by atoms with Crippen LogP contribution in [0, 0.1) is 0 Å². The Morgan fingerprint density at radius 2 is 1.79 bits per heavy atom. The van der Waals surface area contributed by atoms with Crippen LogP contribution >= 0.6 is 11.3 Å². The SMILES string of the molecule is COc1ccc(OC)c(CN2CCN(C(=O)c3nccnc3-c3nc4ccccc4s3)CC2)c1. The molecule has 0 unspecified atom stereocenters. The Hall–Kier alpha value is -3.56. The zero-order valence-corrected chi connectivity index (χ0v) is 19.9. The summed E-state index contributed by atoms with van der Waals surface area (Å²) >= 11 is 1.52. The molecule has 1 aliphatic heterocycles. The molecule has 174 valence electrons. The number of carbonyl (C=O) groups excluding carboxylic acids is 1. The molecule has 1 aliphatic rings. The van der Waals surface area contributed by atoms with Crippen LogP contribution in [-0.4, -0.2) is 71.1 Å². The molecule has 0 radical (unpaired) electrons. The van der Waals surface area contributed by atoms with Gasteiger partial charge in [0.25, 0.3) is 5.91 Å². The number of methoxy groups -OCH3 is 2. The zero-order chi connectivity index (χ0) is 23.5. The first kappa shape index (κ1) is 22.2. The third kappa shape index (κ3) is 4.44. The smallest absolute Gasteiger partial charge is 0.274 e. The number of amides is 1. The van der Waals surface area contributed by atoms with E-state index in [9.17, 15) is 4.79 Å². The number of nitrogens with zero attached hydrogens (tertiary/aromatic N) is 5. The Kier molecular flexibility index (Phi) is 6.37. The van der Waals surface area contributed by atoms with Gasteiger partial charge in [0, 0.05) is 50.7 Å². The van der Waals surface area contributed by atoms with Gasteiger partial charge in [-0.3, -0.25) is 9.69 Å². The molecule has 2 aromatic carbocycles. The van der Waals surface area contributed by atoms with E-state index in [1.807, 2.05) is 47.4 Å². The molecular formula is C25H25N5O3S. The number of benzene rings is 2. The summed E-state index contributed by atoms with van der Waals surface area (Å²) in [6, 6.07) is 13.7. The Bertz CT molecular complexity index is 1280. The van der Waals surface area contributed by atoms with E-state index in [0.717, 1.165) is 46.9 Å². The van der Waals surface area contributed by atoms with Gasteiger partial charge in [-0.2, -0.15) is 0 Å². The third-order valence-electron chi connectivity index (χ3n) is 5.94. The maximum atomic E-state index is 13.4. The molecular weight excluding hydrogens is 450 g/mol. The minimum absolute atomic E-state index is 0.110. The van der Waals surface area contributed by atoms with E-state index in [1.165, 1.54) is 11.3 Å². The lowest BCUT2D eigenvalue weighted by Crippen LogP contribution is -2.48. The number of carbonyl (C=O) groups is 1. The van der Waals surface area contributed by atoms with Crippen molar-refractivity contribution in [2.75, 3.05) is 40.4 Å². The highest BCUT2D eigenvalue weighted by molar-refractivity contribution is 7.21. The van der Waals surface area contributed by atoms with Crippen molar-refractivity contribution in [1.29, 1.82) is 0 Å². The van der Waals surface area contributed by atoms with E-state index in [2.05, 4.69) is 19.9 Å². The Morgan fingerprint density at radius 1 is 1.00 bits per heavy atom. The van der Waals surface area contributed by atoms with Crippen LogP contribution in [0.5, 0.6) is 11.5 Å². The van der Waals surface area contributed by atoms with Crippen molar-refractivity contribution in [3.8, 4) is 22.2 Å². The number of fused-ring (bicyclic) bond motifs is 1. The number of aromatic nitrogens is 3. The fourth-order valence-electron chi connectivity index (χ4n) is 4.13. The molecule has 5 rings (SSSR count). The number of rotatable bonds is 6. The van der Waals surface area contributed by atoms with Gasteiger partial charge in [-0.25, -0.2) is 15.0 Å². The van der Waals surface area contributed by atoms with Gasteiger partial charge < -0.3 is 14.4 Å². The van der Waals surface area contributed by atoms with Gasteiger partial charge in [-0.05, 0) is 30.3 Å². The highest BCUT2D eigenvalue weighted by Crippen LogP contribution is 2.31. The number of hydrogen-bond acceptors (Lipinski definition) is 8. The number of piperazine rings is 1. The average molecular weight is 476 g/mol. The van der Waals surface area contributed by atoms with Crippen LogP contribution < -0.4 is 9.47 Å². The van der Waals surface area contributed by atoms with Gasteiger partial charge in [-0.1, -0.05) is 12.1 Å². The van der Waals surface area contributed by atoms with Gasteiger partial charge in [0.1, 0.15) is 22.2 Å². The van der Waals surface area contributed by atoms with E-state index < -0.39 is 0 Å². The monoisotopic (exact) mass is 475 g/mol. The van der Waals surface area contributed by atoms with E-state index >= 15 is 0 Å². The highest BCUT2D eigenvalue weighted by Gasteiger charge is 2.27. The molecule has 9 heteroatoms. The Labute approximate surface area is 201 Å². The summed E-state index contributed by atoms with van der Waals surface area (Å²) < 4.78 is 11.9. The van der Waals surface area contributed by atoms with Gasteiger partial charge >= 0.3 is 0 Å². The summed E-state index contributed by atoms with van der Waals surface area (Å²) in [6.07, 6.45) is 3.17. The van der Waals surface area contributed by atoms with Crippen molar-refractivity contribution in [2.45, 2.75) is 6.54 Å². The molecule has 0 N–H and O–H groups in total. The second-order valence-electron chi connectivity index (χ2n) is 7.99. The van der Waals surface area contributed by atoms with Gasteiger partial charge in [0.05, 0.1) is 24.4 Å². The lowest BCUT2D eigenvalue weighted by Gasteiger charge is -2.35. The number of thiazole rings is 1. The van der Waals surface area contributed by atoms with Crippen molar-refractivity contribution < 1.29 is 14.3 Å². The van der Waals surface area contributed by atoms with Crippen LogP contribution in [0.3, 0.4) is 0 Å². The molecule has 1 fully saturated rings. The molecule has 1 amide bonds. The largest absolute Gasteiger partial charge is 0.497 e. The second kappa shape index (κ2) is 9.74. The fourth-order valence-corrected chi connectivity index (χ4v) is 5.09. The third-order valence-corrected chi connectivity index (χ3v) is 6.98. The molecule has 1 saturated heterocycles. The highest BCUT2D eigenvalue weighted by atomic mass is 32.1. The maximum Gasteiger partial charge on any atom is 0.274 e. The van der Waals surface area contributed by atoms with E-state index in [-0.39, 0.29) is 5.91 Å². The first-order chi connectivity index (χ1) is 16.7. The molecule has 0 atom stereocenters. The van der Waals surface area contributed by atoms with Crippen molar-refractivity contribution in [3.63, 3.8) is 0 Å². The standard InChI is InChI=1S/C25H25N5O3S/c1-32-18-7-8-20(33-2)17(15-18)16-29-11-13-30(14-12-29)25(31)23-22(26-9-10-27-23)24-28-19-5-3-4-6-21(19)34-24/h3-10,15H,11-14,16H2,1-2H3. The molecule has 2 aromatic heterocycles. The molecule has 34 heavy (non-hydrogen) atoms. The fraction of sp³-hybridized carbons (Fsp3) is 0.280. The van der Waals surface area contributed by atoms with Crippen LogP contribution in [0.25, 0.3) is 20.9 Å². The van der Waals surface area contributed by atoms with Crippen molar-refractivity contribution >= 4 is 27.5 Å². The van der Waals surface area contributed by atoms with Crippen LogP contribution in [0.2, 0.25) is 0 Å². The normalized spacial score (nSPS) is 14.4. The lowest BCUT2D eigenvalue weighted by atomic mass is 10.1. The van der Waals surface area contributed by atoms with E-state index in [0.29, 0.717) is 29.5 Å². The zero-order valence-electron chi connectivity index (χ0n) is 19.1. The number of hydrogen-bond donors (Lipinski definition) is 0. The molecule has 0 aliphatic carbocycles. The first-order valence-corrected chi connectivity index (χ1v) is 11.9. The van der Waals surface area contributed by atoms with Gasteiger partial charge in [0.2, 0.25) is 0 Å². The number of para-hydroxylation sites is 1.